The zero-order valence-electron chi connectivity index (χ0n) is 10.3. The third-order valence-corrected chi connectivity index (χ3v) is 2.75. The first-order chi connectivity index (χ1) is 9.11. The number of aromatic nitrogens is 1. The van der Waals surface area contributed by atoms with Crippen LogP contribution in [0.25, 0.3) is 0 Å². The maximum atomic E-state index is 12.0. The lowest BCUT2D eigenvalue weighted by atomic mass is 10.1. The molecule has 0 atom stereocenters. The summed E-state index contributed by atoms with van der Waals surface area (Å²) in [5.74, 6) is -0.335. The summed E-state index contributed by atoms with van der Waals surface area (Å²) >= 11 is 0. The highest BCUT2D eigenvalue weighted by Crippen LogP contribution is 2.20. The molecule has 1 aromatic heterocycles. The van der Waals surface area contributed by atoms with Crippen LogP contribution in [0.4, 0.5) is 11.4 Å². The number of rotatable bonds is 2. The minimum absolute atomic E-state index is 0.251. The van der Waals surface area contributed by atoms with E-state index in [0.29, 0.717) is 16.9 Å². The van der Waals surface area contributed by atoms with Gasteiger partial charge in [-0.25, -0.2) is 4.98 Å². The van der Waals surface area contributed by atoms with Gasteiger partial charge in [0, 0.05) is 17.6 Å². The number of nitrogens with two attached hydrogens (primary N) is 1. The topological polar surface area (TPSA) is 91.8 Å². The van der Waals surface area contributed by atoms with Crippen molar-refractivity contribution in [2.24, 2.45) is 0 Å². The van der Waals surface area contributed by atoms with Crippen molar-refractivity contribution in [3.63, 3.8) is 0 Å². The first-order valence-electron chi connectivity index (χ1n) is 5.64. The fraction of sp³-hybridized carbons (Fsp3) is 0.0714. The van der Waals surface area contributed by atoms with Crippen molar-refractivity contribution in [1.82, 2.24) is 4.98 Å². The Balaban J connectivity index is 2.21. The van der Waals surface area contributed by atoms with E-state index in [4.69, 9.17) is 11.0 Å². The van der Waals surface area contributed by atoms with Gasteiger partial charge in [-0.15, -0.1) is 0 Å². The highest BCUT2D eigenvalue weighted by atomic mass is 16.1. The Kier molecular flexibility index (Phi) is 3.44. The Morgan fingerprint density at radius 3 is 2.79 bits per heavy atom. The molecule has 2 rings (SSSR count). The molecule has 0 aliphatic carbocycles. The van der Waals surface area contributed by atoms with Gasteiger partial charge in [-0.05, 0) is 36.8 Å². The van der Waals surface area contributed by atoms with E-state index in [9.17, 15) is 4.79 Å². The summed E-state index contributed by atoms with van der Waals surface area (Å²) in [5.41, 5.74) is 8.51. The Labute approximate surface area is 110 Å². The first-order valence-corrected chi connectivity index (χ1v) is 5.64. The third kappa shape index (κ3) is 2.69. The van der Waals surface area contributed by atoms with E-state index in [0.717, 1.165) is 5.56 Å². The molecule has 2 aromatic rings. The molecule has 94 valence electrons. The maximum absolute atomic E-state index is 12.0. The molecule has 0 aliphatic heterocycles. The van der Waals surface area contributed by atoms with Crippen LogP contribution in [-0.4, -0.2) is 10.9 Å². The van der Waals surface area contributed by atoms with Crippen molar-refractivity contribution in [3.8, 4) is 6.07 Å². The summed E-state index contributed by atoms with van der Waals surface area (Å²) in [6, 6.07) is 10.3. The summed E-state index contributed by atoms with van der Waals surface area (Å²) in [5, 5.41) is 11.4. The number of anilines is 2. The van der Waals surface area contributed by atoms with E-state index < -0.39 is 0 Å². The van der Waals surface area contributed by atoms with Crippen LogP contribution in [-0.2, 0) is 0 Å². The lowest BCUT2D eigenvalue weighted by Crippen LogP contribution is -2.14. The molecule has 0 fully saturated rings. The molecule has 1 aromatic carbocycles. The molecule has 5 nitrogen and oxygen atoms in total. The monoisotopic (exact) mass is 252 g/mol. The van der Waals surface area contributed by atoms with Gasteiger partial charge in [0.2, 0.25) is 0 Å². The predicted octanol–water partition coefficient (Wildman–Crippen LogP) is 2.10. The largest absolute Gasteiger partial charge is 0.398 e. The Bertz CT molecular complexity index is 656. The van der Waals surface area contributed by atoms with Gasteiger partial charge in [0.05, 0.1) is 5.56 Å². The molecule has 0 saturated heterocycles. The van der Waals surface area contributed by atoms with Crippen molar-refractivity contribution in [2.45, 2.75) is 6.92 Å². The van der Waals surface area contributed by atoms with Gasteiger partial charge in [-0.3, -0.25) is 4.79 Å². The number of benzene rings is 1. The van der Waals surface area contributed by atoms with Gasteiger partial charge in [0.1, 0.15) is 11.8 Å². The molecule has 0 radical (unpaired) electrons. The second-order valence-corrected chi connectivity index (χ2v) is 4.02. The number of carbonyl (C=O) groups is 1. The quantitative estimate of drug-likeness (QED) is 0.800. The number of nitriles is 1. The standard InChI is InChI=1S/C14H12N4O/c1-9-11(16)3-2-4-12(9)18-14(19)13-6-5-10(7-15)8-17-13/h2-6,8H,16H2,1H3,(H,18,19). The van der Waals surface area contributed by atoms with Crippen LogP contribution in [0.15, 0.2) is 36.5 Å². The molecule has 19 heavy (non-hydrogen) atoms. The molecule has 3 N–H and O–H groups in total. The predicted molar refractivity (Wildman–Crippen MR) is 72.5 cm³/mol. The van der Waals surface area contributed by atoms with Crippen molar-refractivity contribution < 1.29 is 4.79 Å². The Hall–Kier alpha value is -2.87. The van der Waals surface area contributed by atoms with Crippen molar-refractivity contribution >= 4 is 17.3 Å². The van der Waals surface area contributed by atoms with Crippen LogP contribution in [0.5, 0.6) is 0 Å². The number of carbonyl (C=O) groups excluding carboxylic acids is 1. The van der Waals surface area contributed by atoms with Crippen LogP contribution >= 0.6 is 0 Å². The normalized spacial score (nSPS) is 9.68. The highest BCUT2D eigenvalue weighted by molar-refractivity contribution is 6.03. The van der Waals surface area contributed by atoms with Gasteiger partial charge < -0.3 is 11.1 Å². The zero-order valence-corrected chi connectivity index (χ0v) is 10.3. The number of nitrogens with one attached hydrogen (secondary N) is 1. The maximum Gasteiger partial charge on any atom is 0.274 e. The molecule has 0 unspecified atom stereocenters. The van der Waals surface area contributed by atoms with E-state index in [1.54, 1.807) is 24.3 Å². The smallest absolute Gasteiger partial charge is 0.274 e. The second-order valence-electron chi connectivity index (χ2n) is 4.02. The van der Waals surface area contributed by atoms with Gasteiger partial charge in [-0.2, -0.15) is 5.26 Å². The lowest BCUT2D eigenvalue weighted by Gasteiger charge is -2.09. The van der Waals surface area contributed by atoms with Crippen LogP contribution in [0.3, 0.4) is 0 Å². The van der Waals surface area contributed by atoms with Crippen molar-refractivity contribution in [1.29, 1.82) is 5.26 Å². The lowest BCUT2D eigenvalue weighted by molar-refractivity contribution is 0.102. The third-order valence-electron chi connectivity index (χ3n) is 2.75. The second kappa shape index (κ2) is 5.19. The summed E-state index contributed by atoms with van der Waals surface area (Å²) in [6.45, 7) is 1.83. The van der Waals surface area contributed by atoms with E-state index >= 15 is 0 Å². The number of pyridine rings is 1. The average molecular weight is 252 g/mol. The molecule has 5 heteroatoms. The number of amides is 1. The molecular formula is C14H12N4O. The molecule has 0 spiro atoms. The molecule has 0 aliphatic rings. The van der Waals surface area contributed by atoms with Crippen molar-refractivity contribution in [3.05, 3.63) is 53.3 Å². The fourth-order valence-electron chi connectivity index (χ4n) is 1.57. The molecule has 1 amide bonds. The van der Waals surface area contributed by atoms with Gasteiger partial charge >= 0.3 is 0 Å². The van der Waals surface area contributed by atoms with Crippen LogP contribution in [0.1, 0.15) is 21.6 Å². The van der Waals surface area contributed by atoms with E-state index in [-0.39, 0.29) is 11.6 Å². The van der Waals surface area contributed by atoms with E-state index in [1.807, 2.05) is 13.0 Å². The van der Waals surface area contributed by atoms with Gasteiger partial charge in [0.15, 0.2) is 0 Å². The number of hydrogen-bond acceptors (Lipinski definition) is 4. The van der Waals surface area contributed by atoms with Crippen LogP contribution < -0.4 is 11.1 Å². The molecule has 1 heterocycles. The minimum Gasteiger partial charge on any atom is -0.398 e. The first kappa shape index (κ1) is 12.6. The summed E-state index contributed by atoms with van der Waals surface area (Å²) in [6.07, 6.45) is 1.36. The Morgan fingerprint density at radius 2 is 2.16 bits per heavy atom. The Morgan fingerprint density at radius 1 is 1.37 bits per heavy atom. The molecular weight excluding hydrogens is 240 g/mol. The average Bonchev–Trinajstić information content (AvgIpc) is 2.44. The van der Waals surface area contributed by atoms with Gasteiger partial charge in [-0.1, -0.05) is 6.07 Å². The van der Waals surface area contributed by atoms with E-state index in [2.05, 4.69) is 10.3 Å². The van der Waals surface area contributed by atoms with Gasteiger partial charge in [0.25, 0.3) is 5.91 Å². The van der Waals surface area contributed by atoms with Crippen LogP contribution in [0.2, 0.25) is 0 Å². The van der Waals surface area contributed by atoms with E-state index in [1.165, 1.54) is 12.3 Å². The SMILES string of the molecule is Cc1c(N)cccc1NC(=O)c1ccc(C#N)cn1. The summed E-state index contributed by atoms with van der Waals surface area (Å²) in [7, 11) is 0. The summed E-state index contributed by atoms with van der Waals surface area (Å²) < 4.78 is 0. The number of hydrogen-bond donors (Lipinski definition) is 2. The number of nitrogens with zero attached hydrogens (tertiary/aromatic N) is 2. The molecule has 0 bridgehead atoms. The van der Waals surface area contributed by atoms with Crippen LogP contribution in [0, 0.1) is 18.3 Å². The highest BCUT2D eigenvalue weighted by Gasteiger charge is 2.09. The zero-order chi connectivity index (χ0) is 13.8. The molecule has 0 saturated carbocycles. The van der Waals surface area contributed by atoms with Crippen molar-refractivity contribution in [2.75, 3.05) is 11.1 Å². The number of nitrogen functional groups attached to an aromatic ring is 1. The fourth-order valence-corrected chi connectivity index (χ4v) is 1.57. The summed E-state index contributed by atoms with van der Waals surface area (Å²) in [4.78, 5) is 15.9. The minimum atomic E-state index is -0.335.